The Morgan fingerprint density at radius 2 is 2.04 bits per heavy atom. The summed E-state index contributed by atoms with van der Waals surface area (Å²) in [6, 6.07) is 9.80. The van der Waals surface area contributed by atoms with Crippen molar-refractivity contribution in [3.05, 3.63) is 59.0 Å². The Morgan fingerprint density at radius 1 is 1.19 bits per heavy atom. The van der Waals surface area contributed by atoms with Crippen LogP contribution in [0.5, 0.6) is 0 Å². The summed E-state index contributed by atoms with van der Waals surface area (Å²) in [6.07, 6.45) is 6.28. The molecule has 7 heteroatoms. The fraction of sp³-hybridized carbons (Fsp3) is 0.450. The number of rotatable bonds is 5. The quantitative estimate of drug-likeness (QED) is 0.666. The van der Waals surface area contributed by atoms with Crippen LogP contribution in [0.2, 0.25) is 5.02 Å². The maximum atomic E-state index is 5.99. The van der Waals surface area contributed by atoms with E-state index in [1.54, 1.807) is 0 Å². The van der Waals surface area contributed by atoms with Gasteiger partial charge in [0.1, 0.15) is 5.54 Å². The van der Waals surface area contributed by atoms with Crippen LogP contribution in [0.3, 0.4) is 0 Å². The van der Waals surface area contributed by atoms with E-state index in [1.165, 1.54) is 12.8 Å². The van der Waals surface area contributed by atoms with Gasteiger partial charge in [0.25, 0.3) is 0 Å². The zero-order valence-electron chi connectivity index (χ0n) is 15.3. The van der Waals surface area contributed by atoms with Crippen molar-refractivity contribution in [2.75, 3.05) is 6.54 Å². The monoisotopic (exact) mass is 383 g/mol. The van der Waals surface area contributed by atoms with Gasteiger partial charge < -0.3 is 4.42 Å². The van der Waals surface area contributed by atoms with Gasteiger partial charge in [-0.25, -0.2) is 4.68 Å². The summed E-state index contributed by atoms with van der Waals surface area (Å²) in [5, 5.41) is 14.1. The summed E-state index contributed by atoms with van der Waals surface area (Å²) in [5.41, 5.74) is 1.96. The summed E-state index contributed by atoms with van der Waals surface area (Å²) >= 11 is 5.98. The van der Waals surface area contributed by atoms with E-state index < -0.39 is 0 Å². The lowest BCUT2D eigenvalue weighted by Crippen LogP contribution is -2.51. The third kappa shape index (κ3) is 2.70. The average molecular weight is 384 g/mol. The van der Waals surface area contributed by atoms with Crippen LogP contribution in [0.1, 0.15) is 43.7 Å². The second-order valence-corrected chi connectivity index (χ2v) is 7.89. The predicted octanol–water partition coefficient (Wildman–Crippen LogP) is 3.98. The number of hydrogen-bond donors (Lipinski definition) is 0. The van der Waals surface area contributed by atoms with E-state index in [2.05, 4.69) is 21.2 Å². The first-order chi connectivity index (χ1) is 13.2. The number of likely N-dealkylation sites (tertiary alicyclic amines) is 1. The summed E-state index contributed by atoms with van der Waals surface area (Å²) < 4.78 is 7.89. The van der Waals surface area contributed by atoms with Crippen molar-refractivity contribution in [1.82, 2.24) is 24.9 Å². The number of fused-ring (bicyclic) bond motifs is 1. The maximum absolute atomic E-state index is 5.99. The number of aryl methyl sites for hydroxylation is 1. The molecule has 3 aromatic rings. The average Bonchev–Trinajstić information content (AvgIpc) is 3.36. The van der Waals surface area contributed by atoms with Crippen LogP contribution in [0.4, 0.5) is 0 Å². The maximum Gasteiger partial charge on any atom is 0.237 e. The van der Waals surface area contributed by atoms with Gasteiger partial charge in [0, 0.05) is 24.2 Å². The summed E-state index contributed by atoms with van der Waals surface area (Å²) in [5.74, 6) is 2.13. The minimum Gasteiger partial charge on any atom is -0.423 e. The third-order valence-corrected chi connectivity index (χ3v) is 6.34. The summed E-state index contributed by atoms with van der Waals surface area (Å²) in [6.45, 7) is 3.88. The second-order valence-electron chi connectivity index (χ2n) is 7.45. The molecule has 3 heterocycles. The Morgan fingerprint density at radius 3 is 2.74 bits per heavy atom. The molecule has 2 aromatic heterocycles. The Kier molecular flexibility index (Phi) is 4.06. The van der Waals surface area contributed by atoms with Crippen molar-refractivity contribution in [3.63, 3.8) is 0 Å². The first kappa shape index (κ1) is 17.0. The van der Waals surface area contributed by atoms with E-state index in [-0.39, 0.29) is 5.54 Å². The van der Waals surface area contributed by atoms with Gasteiger partial charge in [0.05, 0.1) is 11.4 Å². The minimum absolute atomic E-state index is 0.0928. The fourth-order valence-corrected chi connectivity index (χ4v) is 4.65. The molecule has 1 aliphatic carbocycles. The number of nitrogens with zero attached hydrogens (tertiary/aromatic N) is 5. The Labute approximate surface area is 163 Å². The van der Waals surface area contributed by atoms with Gasteiger partial charge in [-0.1, -0.05) is 18.5 Å². The Balaban J connectivity index is 1.39. The summed E-state index contributed by atoms with van der Waals surface area (Å²) in [4.78, 5) is 2.49. The standard InChI is InChI=1S/C20H22ClN5O/c1-2-18-22-23-19(27-18)20-10-7-14(20)8-11-25(20)13-16-9-12-26(24-16)17-5-3-15(21)4-6-17/h3-6,9,12,14H,2,7-8,10-11,13H2,1H3/t14-,20-/m0/s1. The smallest absolute Gasteiger partial charge is 0.237 e. The largest absolute Gasteiger partial charge is 0.423 e. The molecule has 0 radical (unpaired) electrons. The van der Waals surface area contributed by atoms with E-state index >= 15 is 0 Å². The topological polar surface area (TPSA) is 60.0 Å². The predicted molar refractivity (Wildman–Crippen MR) is 102 cm³/mol. The molecule has 1 saturated carbocycles. The van der Waals surface area contributed by atoms with Gasteiger partial charge in [-0.05, 0) is 62.1 Å². The van der Waals surface area contributed by atoms with E-state index in [9.17, 15) is 0 Å². The molecule has 0 unspecified atom stereocenters. The van der Waals surface area contributed by atoms with Crippen molar-refractivity contribution in [3.8, 4) is 5.69 Å². The SMILES string of the molecule is CCc1nnc([C@]23CC[C@H]2CCN3Cc2ccn(-c3ccc(Cl)cc3)n2)o1. The van der Waals surface area contributed by atoms with Gasteiger partial charge in [-0.15, -0.1) is 10.2 Å². The second kappa shape index (κ2) is 6.46. The van der Waals surface area contributed by atoms with Crippen LogP contribution in [-0.4, -0.2) is 31.4 Å². The van der Waals surface area contributed by atoms with Crippen LogP contribution in [-0.2, 0) is 18.5 Å². The number of halogens is 1. The van der Waals surface area contributed by atoms with Crippen molar-refractivity contribution in [1.29, 1.82) is 0 Å². The first-order valence-corrected chi connectivity index (χ1v) is 9.95. The van der Waals surface area contributed by atoms with E-state index in [1.807, 2.05) is 42.1 Å². The highest BCUT2D eigenvalue weighted by Crippen LogP contribution is 2.56. The molecule has 140 valence electrons. The van der Waals surface area contributed by atoms with Gasteiger partial charge in [-0.2, -0.15) is 5.10 Å². The normalized spacial score (nSPS) is 24.7. The van der Waals surface area contributed by atoms with Crippen molar-refractivity contribution < 1.29 is 4.42 Å². The summed E-state index contributed by atoms with van der Waals surface area (Å²) in [7, 11) is 0. The lowest BCUT2D eigenvalue weighted by molar-refractivity contribution is -0.0169. The molecule has 0 bridgehead atoms. The molecule has 1 aliphatic heterocycles. The molecule has 1 saturated heterocycles. The molecule has 5 rings (SSSR count). The fourth-order valence-electron chi connectivity index (χ4n) is 4.52. The number of aromatic nitrogens is 4. The molecule has 2 atom stereocenters. The number of hydrogen-bond acceptors (Lipinski definition) is 5. The Hall–Kier alpha value is -2.18. The van der Waals surface area contributed by atoms with Crippen molar-refractivity contribution >= 4 is 11.6 Å². The number of benzene rings is 1. The highest BCUT2D eigenvalue weighted by Gasteiger charge is 2.59. The lowest BCUT2D eigenvalue weighted by Gasteiger charge is -2.47. The highest BCUT2D eigenvalue weighted by atomic mass is 35.5. The van der Waals surface area contributed by atoms with Gasteiger partial charge in [0.2, 0.25) is 11.8 Å². The van der Waals surface area contributed by atoms with Crippen LogP contribution in [0.15, 0.2) is 40.9 Å². The van der Waals surface area contributed by atoms with Gasteiger partial charge in [0.15, 0.2) is 0 Å². The van der Waals surface area contributed by atoms with Gasteiger partial charge >= 0.3 is 0 Å². The van der Waals surface area contributed by atoms with Gasteiger partial charge in [-0.3, -0.25) is 4.90 Å². The highest BCUT2D eigenvalue weighted by molar-refractivity contribution is 6.30. The first-order valence-electron chi connectivity index (χ1n) is 9.57. The third-order valence-electron chi connectivity index (χ3n) is 6.09. The zero-order chi connectivity index (χ0) is 18.4. The Bertz CT molecular complexity index is 949. The van der Waals surface area contributed by atoms with Crippen molar-refractivity contribution in [2.45, 2.75) is 44.7 Å². The molecule has 0 spiro atoms. The van der Waals surface area contributed by atoms with Crippen LogP contribution in [0.25, 0.3) is 5.69 Å². The zero-order valence-corrected chi connectivity index (χ0v) is 16.1. The molecular formula is C20H22ClN5O. The molecule has 2 fully saturated rings. The van der Waals surface area contributed by atoms with Crippen molar-refractivity contribution in [2.24, 2.45) is 5.92 Å². The van der Waals surface area contributed by atoms with Crippen LogP contribution >= 0.6 is 11.6 Å². The van der Waals surface area contributed by atoms with E-state index in [4.69, 9.17) is 21.1 Å². The van der Waals surface area contributed by atoms with E-state index in [0.717, 1.165) is 54.1 Å². The molecule has 27 heavy (non-hydrogen) atoms. The molecule has 0 N–H and O–H groups in total. The molecule has 2 aliphatic rings. The molecular weight excluding hydrogens is 362 g/mol. The molecule has 6 nitrogen and oxygen atoms in total. The molecule has 0 amide bonds. The van der Waals surface area contributed by atoms with Crippen LogP contribution in [0, 0.1) is 5.92 Å². The minimum atomic E-state index is -0.0928. The van der Waals surface area contributed by atoms with Crippen LogP contribution < -0.4 is 0 Å². The lowest BCUT2D eigenvalue weighted by atomic mass is 9.67. The molecule has 1 aromatic carbocycles. The van der Waals surface area contributed by atoms with E-state index in [0.29, 0.717) is 5.92 Å².